The van der Waals surface area contributed by atoms with Gasteiger partial charge in [0.25, 0.3) is 6.01 Å². The number of oxazole rings is 1. The summed E-state index contributed by atoms with van der Waals surface area (Å²) in [6.45, 7) is 7.63. The number of aromatic nitrogens is 1. The third-order valence-corrected chi connectivity index (χ3v) is 5.71. The predicted molar refractivity (Wildman–Crippen MR) is 112 cm³/mol. The van der Waals surface area contributed by atoms with Gasteiger partial charge in [0, 0.05) is 44.2 Å². The molecule has 27 heavy (non-hydrogen) atoms. The summed E-state index contributed by atoms with van der Waals surface area (Å²) in [5, 5.41) is 3.44. The summed E-state index contributed by atoms with van der Waals surface area (Å²) in [6, 6.07) is 9.12. The Hall–Kier alpha value is -1.50. The molecule has 6 nitrogen and oxygen atoms in total. The van der Waals surface area contributed by atoms with Gasteiger partial charge in [0.05, 0.1) is 0 Å². The van der Waals surface area contributed by atoms with Crippen molar-refractivity contribution in [1.82, 2.24) is 15.2 Å². The molecule has 2 aromatic rings. The number of fused-ring (bicyclic) bond motifs is 1. The topological polar surface area (TPSA) is 61.6 Å². The first-order valence-electron chi connectivity index (χ1n) is 9.28. The lowest BCUT2D eigenvalue weighted by atomic mass is 9.93. The Labute approximate surface area is 172 Å². The zero-order valence-electron chi connectivity index (χ0n) is 15.8. The number of piperidine rings is 1. The van der Waals surface area contributed by atoms with Crippen LogP contribution in [0.5, 0.6) is 0 Å². The summed E-state index contributed by atoms with van der Waals surface area (Å²) < 4.78 is 5.86. The molecule has 2 unspecified atom stereocenters. The third kappa shape index (κ3) is 4.33. The molecule has 2 fully saturated rings. The molecule has 1 amide bonds. The van der Waals surface area contributed by atoms with Crippen molar-refractivity contribution in [3.8, 4) is 0 Å². The van der Waals surface area contributed by atoms with E-state index in [1.165, 1.54) is 0 Å². The van der Waals surface area contributed by atoms with Crippen LogP contribution in [0.25, 0.3) is 11.1 Å². The highest BCUT2D eigenvalue weighted by Gasteiger charge is 2.34. The Morgan fingerprint density at radius 3 is 2.56 bits per heavy atom. The molecule has 0 spiro atoms. The average molecular weight is 415 g/mol. The van der Waals surface area contributed by atoms with E-state index in [2.05, 4.69) is 33.9 Å². The molecule has 2 aliphatic rings. The molecule has 2 saturated heterocycles. The van der Waals surface area contributed by atoms with Crippen molar-refractivity contribution in [1.29, 1.82) is 0 Å². The van der Waals surface area contributed by atoms with Crippen molar-refractivity contribution >= 4 is 47.8 Å². The fourth-order valence-electron chi connectivity index (χ4n) is 3.92. The average Bonchev–Trinajstić information content (AvgIpc) is 3.08. The zero-order valence-corrected chi connectivity index (χ0v) is 17.4. The van der Waals surface area contributed by atoms with E-state index in [4.69, 9.17) is 4.42 Å². The van der Waals surface area contributed by atoms with Crippen molar-refractivity contribution in [2.24, 2.45) is 5.92 Å². The van der Waals surface area contributed by atoms with Gasteiger partial charge in [0.1, 0.15) is 5.52 Å². The minimum Gasteiger partial charge on any atom is -0.423 e. The number of benzene rings is 1. The lowest BCUT2D eigenvalue weighted by Crippen LogP contribution is -2.58. The molecule has 2 aliphatic heterocycles. The fraction of sp³-hybridized carbons (Fsp3) is 0.579. The van der Waals surface area contributed by atoms with Crippen LogP contribution in [0.2, 0.25) is 0 Å². The quantitative estimate of drug-likeness (QED) is 0.817. The fourth-order valence-corrected chi connectivity index (χ4v) is 3.92. The van der Waals surface area contributed by atoms with Crippen LogP contribution in [0.3, 0.4) is 0 Å². The monoisotopic (exact) mass is 414 g/mol. The zero-order chi connectivity index (χ0) is 17.4. The van der Waals surface area contributed by atoms with Crippen molar-refractivity contribution in [3.05, 3.63) is 24.3 Å². The number of carbonyl (C=O) groups is 1. The molecule has 1 N–H and O–H groups in total. The van der Waals surface area contributed by atoms with Gasteiger partial charge in [-0.2, -0.15) is 4.98 Å². The molecule has 0 bridgehead atoms. The summed E-state index contributed by atoms with van der Waals surface area (Å²) in [4.78, 5) is 21.7. The van der Waals surface area contributed by atoms with Gasteiger partial charge in [-0.25, -0.2) is 0 Å². The molecule has 1 aromatic heterocycles. The number of halogens is 2. The Kier molecular flexibility index (Phi) is 7.37. The van der Waals surface area contributed by atoms with Gasteiger partial charge in [0.15, 0.2) is 5.58 Å². The molecule has 0 saturated carbocycles. The smallest absolute Gasteiger partial charge is 0.298 e. The molecule has 8 heteroatoms. The first-order valence-corrected chi connectivity index (χ1v) is 9.28. The minimum absolute atomic E-state index is 0. The first kappa shape index (κ1) is 21.8. The van der Waals surface area contributed by atoms with Gasteiger partial charge in [-0.05, 0) is 38.8 Å². The number of anilines is 1. The van der Waals surface area contributed by atoms with E-state index in [-0.39, 0.29) is 36.8 Å². The molecule has 0 aliphatic carbocycles. The molecule has 0 radical (unpaired) electrons. The number of rotatable bonds is 2. The van der Waals surface area contributed by atoms with E-state index in [1.54, 1.807) is 0 Å². The number of piperazine rings is 1. The number of amides is 1. The molecule has 4 rings (SSSR count). The molecule has 2 atom stereocenters. The summed E-state index contributed by atoms with van der Waals surface area (Å²) in [7, 11) is 0. The van der Waals surface area contributed by atoms with Crippen LogP contribution in [0.4, 0.5) is 6.01 Å². The molecule has 150 valence electrons. The normalized spacial score (nSPS) is 23.6. The van der Waals surface area contributed by atoms with Crippen LogP contribution in [-0.4, -0.2) is 54.1 Å². The van der Waals surface area contributed by atoms with Crippen molar-refractivity contribution in [3.63, 3.8) is 0 Å². The maximum absolute atomic E-state index is 12.9. The third-order valence-electron chi connectivity index (χ3n) is 5.71. The summed E-state index contributed by atoms with van der Waals surface area (Å²) in [5.74, 6) is 0.437. The Balaban J connectivity index is 0.00000131. The van der Waals surface area contributed by atoms with Crippen LogP contribution in [-0.2, 0) is 4.79 Å². The van der Waals surface area contributed by atoms with Crippen LogP contribution in [0.1, 0.15) is 26.7 Å². The van der Waals surface area contributed by atoms with Gasteiger partial charge in [-0.1, -0.05) is 12.1 Å². The van der Waals surface area contributed by atoms with Gasteiger partial charge >= 0.3 is 0 Å². The second kappa shape index (κ2) is 9.13. The Morgan fingerprint density at radius 2 is 1.85 bits per heavy atom. The van der Waals surface area contributed by atoms with Crippen molar-refractivity contribution in [2.45, 2.75) is 38.8 Å². The lowest BCUT2D eigenvalue weighted by molar-refractivity contribution is -0.140. The Bertz CT molecular complexity index is 728. The SMILES string of the molecule is CC1NCCN(C(=O)C2CCN(c3nc4ccccc4o3)CC2)C1C.Cl.Cl. The molecule has 1 aromatic carbocycles. The van der Waals surface area contributed by atoms with Crippen LogP contribution < -0.4 is 10.2 Å². The lowest BCUT2D eigenvalue weighted by Gasteiger charge is -2.41. The second-order valence-electron chi connectivity index (χ2n) is 7.24. The number of nitrogens with zero attached hydrogens (tertiary/aromatic N) is 3. The predicted octanol–water partition coefficient (Wildman–Crippen LogP) is 3.10. The molecular formula is C19H28Cl2N4O2. The maximum atomic E-state index is 12.9. The van der Waals surface area contributed by atoms with E-state index < -0.39 is 0 Å². The van der Waals surface area contributed by atoms with Crippen LogP contribution in [0.15, 0.2) is 28.7 Å². The van der Waals surface area contributed by atoms with E-state index in [1.807, 2.05) is 24.3 Å². The van der Waals surface area contributed by atoms with Crippen molar-refractivity contribution in [2.75, 3.05) is 31.1 Å². The van der Waals surface area contributed by atoms with Crippen LogP contribution >= 0.6 is 24.8 Å². The van der Waals surface area contributed by atoms with Crippen molar-refractivity contribution < 1.29 is 9.21 Å². The standard InChI is InChI=1S/C19H26N4O2.2ClH/c1-13-14(2)23(12-9-20-13)18(24)15-7-10-22(11-8-15)19-21-16-5-3-4-6-17(16)25-19;;/h3-6,13-15,20H,7-12H2,1-2H3;2*1H. The number of hydrogen-bond donors (Lipinski definition) is 1. The highest BCUT2D eigenvalue weighted by molar-refractivity contribution is 5.85. The van der Waals surface area contributed by atoms with E-state index in [9.17, 15) is 4.79 Å². The molecular weight excluding hydrogens is 387 g/mol. The summed E-state index contributed by atoms with van der Waals surface area (Å²) in [5.41, 5.74) is 1.71. The van der Waals surface area contributed by atoms with Gasteiger partial charge in [-0.15, -0.1) is 24.8 Å². The number of para-hydroxylation sites is 2. The first-order chi connectivity index (χ1) is 12.1. The van der Waals surface area contributed by atoms with E-state index in [0.29, 0.717) is 18.0 Å². The number of carbonyl (C=O) groups excluding carboxylic acids is 1. The largest absolute Gasteiger partial charge is 0.423 e. The number of nitrogens with one attached hydrogen (secondary N) is 1. The van der Waals surface area contributed by atoms with Gasteiger partial charge in [-0.3, -0.25) is 4.79 Å². The highest BCUT2D eigenvalue weighted by Crippen LogP contribution is 2.28. The van der Waals surface area contributed by atoms with Crippen LogP contribution in [0, 0.1) is 5.92 Å². The highest BCUT2D eigenvalue weighted by atomic mass is 35.5. The number of hydrogen-bond acceptors (Lipinski definition) is 5. The van der Waals surface area contributed by atoms with E-state index in [0.717, 1.165) is 50.1 Å². The minimum atomic E-state index is 0. The summed E-state index contributed by atoms with van der Waals surface area (Å²) in [6.07, 6.45) is 1.73. The second-order valence-corrected chi connectivity index (χ2v) is 7.24. The summed E-state index contributed by atoms with van der Waals surface area (Å²) >= 11 is 0. The Morgan fingerprint density at radius 1 is 1.15 bits per heavy atom. The molecule has 3 heterocycles. The maximum Gasteiger partial charge on any atom is 0.298 e. The van der Waals surface area contributed by atoms with Gasteiger partial charge in [0.2, 0.25) is 5.91 Å². The van der Waals surface area contributed by atoms with Gasteiger partial charge < -0.3 is 19.5 Å². The van der Waals surface area contributed by atoms with E-state index >= 15 is 0 Å².